The zero-order chi connectivity index (χ0) is 20.4. The second-order valence-electron chi connectivity index (χ2n) is 7.44. The molecule has 4 aromatic rings. The van der Waals surface area contributed by atoms with Gasteiger partial charge in [0.15, 0.2) is 0 Å². The van der Waals surface area contributed by atoms with Crippen molar-refractivity contribution in [1.29, 1.82) is 0 Å². The lowest BCUT2D eigenvalue weighted by Crippen LogP contribution is -2.14. The highest BCUT2D eigenvalue weighted by molar-refractivity contribution is 7.92. The first kappa shape index (κ1) is 19.2. The van der Waals surface area contributed by atoms with Crippen LogP contribution in [0.1, 0.15) is 22.3 Å². The standard InChI is InChI=1S/C25H23NO2S/c1-18-9-12-24(13-10-18)29(27,28)26-25-17-21-11-8-19(2)14-22(21)16-23(25)15-20-6-4-3-5-7-20/h3-14,16-17,26H,15H2,1-2H3. The molecule has 0 atom stereocenters. The molecule has 0 bridgehead atoms. The Kier molecular flexibility index (Phi) is 5.12. The van der Waals surface area contributed by atoms with Crippen molar-refractivity contribution in [3.8, 4) is 0 Å². The maximum absolute atomic E-state index is 13.0. The van der Waals surface area contributed by atoms with Crippen LogP contribution in [0.5, 0.6) is 0 Å². The molecular weight excluding hydrogens is 378 g/mol. The summed E-state index contributed by atoms with van der Waals surface area (Å²) in [5.41, 5.74) is 4.90. The number of aryl methyl sites for hydroxylation is 2. The van der Waals surface area contributed by atoms with E-state index in [9.17, 15) is 8.42 Å². The van der Waals surface area contributed by atoms with Gasteiger partial charge in [0.2, 0.25) is 0 Å². The summed E-state index contributed by atoms with van der Waals surface area (Å²) >= 11 is 0. The molecule has 0 aromatic heterocycles. The quantitative estimate of drug-likeness (QED) is 0.456. The lowest BCUT2D eigenvalue weighted by Gasteiger charge is -2.15. The van der Waals surface area contributed by atoms with Gasteiger partial charge >= 0.3 is 0 Å². The van der Waals surface area contributed by atoms with Crippen LogP contribution in [0.3, 0.4) is 0 Å². The number of hydrogen-bond acceptors (Lipinski definition) is 2. The summed E-state index contributed by atoms with van der Waals surface area (Å²) in [6.07, 6.45) is 0.649. The van der Waals surface area contributed by atoms with Crippen molar-refractivity contribution >= 4 is 26.5 Å². The van der Waals surface area contributed by atoms with Crippen LogP contribution >= 0.6 is 0 Å². The molecule has 146 valence electrons. The second-order valence-corrected chi connectivity index (χ2v) is 9.12. The fourth-order valence-electron chi connectivity index (χ4n) is 3.44. The summed E-state index contributed by atoms with van der Waals surface area (Å²) < 4.78 is 28.8. The lowest BCUT2D eigenvalue weighted by molar-refractivity contribution is 0.601. The molecular formula is C25H23NO2S. The Morgan fingerprint density at radius 1 is 0.724 bits per heavy atom. The first-order valence-corrected chi connectivity index (χ1v) is 11.1. The Morgan fingerprint density at radius 3 is 2.14 bits per heavy atom. The van der Waals surface area contributed by atoms with E-state index in [1.165, 1.54) is 5.56 Å². The van der Waals surface area contributed by atoms with E-state index in [-0.39, 0.29) is 4.90 Å². The molecule has 4 aromatic carbocycles. The number of sulfonamides is 1. The Morgan fingerprint density at radius 2 is 1.41 bits per heavy atom. The normalized spacial score (nSPS) is 11.5. The minimum Gasteiger partial charge on any atom is -0.279 e. The Bertz CT molecular complexity index is 1260. The van der Waals surface area contributed by atoms with Crippen molar-refractivity contribution in [3.63, 3.8) is 0 Å². The van der Waals surface area contributed by atoms with E-state index in [1.807, 2.05) is 55.5 Å². The Labute approximate surface area is 172 Å². The topological polar surface area (TPSA) is 46.2 Å². The Balaban J connectivity index is 1.79. The van der Waals surface area contributed by atoms with Crippen molar-refractivity contribution < 1.29 is 8.42 Å². The van der Waals surface area contributed by atoms with Gasteiger partial charge in [-0.25, -0.2) is 8.42 Å². The van der Waals surface area contributed by atoms with Crippen LogP contribution in [-0.4, -0.2) is 8.42 Å². The molecule has 0 heterocycles. The third kappa shape index (κ3) is 4.33. The van der Waals surface area contributed by atoms with Crippen LogP contribution in [0.15, 0.2) is 89.8 Å². The highest BCUT2D eigenvalue weighted by Gasteiger charge is 2.17. The first-order valence-electron chi connectivity index (χ1n) is 9.57. The summed E-state index contributed by atoms with van der Waals surface area (Å²) in [5, 5.41) is 2.11. The molecule has 0 aliphatic rings. The van der Waals surface area contributed by atoms with Gasteiger partial charge in [-0.2, -0.15) is 0 Å². The van der Waals surface area contributed by atoms with Gasteiger partial charge in [-0.15, -0.1) is 0 Å². The van der Waals surface area contributed by atoms with Gasteiger partial charge in [-0.3, -0.25) is 4.72 Å². The predicted octanol–water partition coefficient (Wildman–Crippen LogP) is 5.85. The number of fused-ring (bicyclic) bond motifs is 1. The Hall–Kier alpha value is -3.11. The van der Waals surface area contributed by atoms with Crippen LogP contribution in [0.2, 0.25) is 0 Å². The molecule has 4 heteroatoms. The van der Waals surface area contributed by atoms with E-state index in [4.69, 9.17) is 0 Å². The van der Waals surface area contributed by atoms with Gasteiger partial charge in [0.1, 0.15) is 0 Å². The fourth-order valence-corrected chi connectivity index (χ4v) is 4.53. The third-order valence-corrected chi connectivity index (χ3v) is 6.41. The van der Waals surface area contributed by atoms with Gasteiger partial charge < -0.3 is 0 Å². The molecule has 0 radical (unpaired) electrons. The van der Waals surface area contributed by atoms with E-state index < -0.39 is 10.0 Å². The molecule has 0 saturated carbocycles. The molecule has 3 nitrogen and oxygen atoms in total. The largest absolute Gasteiger partial charge is 0.279 e. The summed E-state index contributed by atoms with van der Waals surface area (Å²) in [5.74, 6) is 0. The van der Waals surface area contributed by atoms with Crippen LogP contribution in [0.4, 0.5) is 5.69 Å². The summed E-state index contributed by atoms with van der Waals surface area (Å²) in [6, 6.07) is 27.2. The zero-order valence-corrected chi connectivity index (χ0v) is 17.3. The monoisotopic (exact) mass is 401 g/mol. The minimum atomic E-state index is -3.67. The van der Waals surface area contributed by atoms with Crippen LogP contribution in [0, 0.1) is 13.8 Å². The second kappa shape index (κ2) is 7.72. The summed E-state index contributed by atoms with van der Waals surface area (Å²) in [4.78, 5) is 0.262. The highest BCUT2D eigenvalue weighted by Crippen LogP contribution is 2.29. The number of hydrogen-bond donors (Lipinski definition) is 1. The highest BCUT2D eigenvalue weighted by atomic mass is 32.2. The van der Waals surface area contributed by atoms with E-state index >= 15 is 0 Å². The molecule has 0 aliphatic carbocycles. The minimum absolute atomic E-state index is 0.262. The molecule has 0 amide bonds. The molecule has 0 spiro atoms. The molecule has 4 rings (SSSR count). The van der Waals surface area contributed by atoms with Gasteiger partial charge in [-0.1, -0.05) is 71.8 Å². The molecule has 0 saturated heterocycles. The number of benzene rings is 4. The van der Waals surface area contributed by atoms with Gasteiger partial charge in [0.05, 0.1) is 10.6 Å². The molecule has 0 aliphatic heterocycles. The average Bonchev–Trinajstić information content (AvgIpc) is 2.69. The van der Waals surface area contributed by atoms with Crippen molar-refractivity contribution in [3.05, 3.63) is 107 Å². The first-order chi connectivity index (χ1) is 13.9. The molecule has 29 heavy (non-hydrogen) atoms. The van der Waals surface area contributed by atoms with Crippen LogP contribution < -0.4 is 4.72 Å². The van der Waals surface area contributed by atoms with Gasteiger partial charge in [0, 0.05) is 0 Å². The smallest absolute Gasteiger partial charge is 0.261 e. The fraction of sp³-hybridized carbons (Fsp3) is 0.120. The van der Waals surface area contributed by atoms with Crippen molar-refractivity contribution in [2.45, 2.75) is 25.2 Å². The third-order valence-electron chi connectivity index (χ3n) is 5.03. The molecule has 1 N–H and O–H groups in total. The van der Waals surface area contributed by atoms with Crippen molar-refractivity contribution in [2.75, 3.05) is 4.72 Å². The number of nitrogens with one attached hydrogen (secondary N) is 1. The van der Waals surface area contributed by atoms with Crippen LogP contribution in [0.25, 0.3) is 10.8 Å². The van der Waals surface area contributed by atoms with Gasteiger partial charge in [-0.05, 0) is 66.4 Å². The molecule has 0 fully saturated rings. The number of rotatable bonds is 5. The van der Waals surface area contributed by atoms with Crippen LogP contribution in [-0.2, 0) is 16.4 Å². The SMILES string of the molecule is Cc1ccc(S(=O)(=O)Nc2cc3ccc(C)cc3cc2Cc2ccccc2)cc1. The summed E-state index contributed by atoms with van der Waals surface area (Å²) in [6.45, 7) is 4.00. The molecule has 0 unspecified atom stereocenters. The van der Waals surface area contributed by atoms with E-state index in [1.54, 1.807) is 12.1 Å². The summed E-state index contributed by atoms with van der Waals surface area (Å²) in [7, 11) is -3.67. The maximum atomic E-state index is 13.0. The average molecular weight is 402 g/mol. The zero-order valence-electron chi connectivity index (χ0n) is 16.5. The van der Waals surface area contributed by atoms with Crippen molar-refractivity contribution in [1.82, 2.24) is 0 Å². The van der Waals surface area contributed by atoms with Gasteiger partial charge in [0.25, 0.3) is 10.0 Å². The number of anilines is 1. The van der Waals surface area contributed by atoms with E-state index in [0.717, 1.165) is 27.5 Å². The predicted molar refractivity (Wildman–Crippen MR) is 120 cm³/mol. The maximum Gasteiger partial charge on any atom is 0.261 e. The van der Waals surface area contributed by atoms with E-state index in [0.29, 0.717) is 12.1 Å². The van der Waals surface area contributed by atoms with E-state index in [2.05, 4.69) is 35.9 Å². The van der Waals surface area contributed by atoms with Crippen molar-refractivity contribution in [2.24, 2.45) is 0 Å². The lowest BCUT2D eigenvalue weighted by atomic mass is 9.98.